The zero-order chi connectivity index (χ0) is 17.6. The Morgan fingerprint density at radius 2 is 2.04 bits per heavy atom. The summed E-state index contributed by atoms with van der Waals surface area (Å²) in [6.07, 6.45) is 5.93. The third-order valence-corrected chi connectivity index (χ3v) is 3.43. The van der Waals surface area contributed by atoms with Crippen LogP contribution in [0.15, 0.2) is 61.2 Å². The Balaban J connectivity index is 1.69. The Hall–Kier alpha value is -3.75. The summed E-state index contributed by atoms with van der Waals surface area (Å²) in [5.74, 6) is 0. The Morgan fingerprint density at radius 3 is 2.80 bits per heavy atom. The molecule has 0 radical (unpaired) electrons. The molecule has 9 nitrogen and oxygen atoms in total. The van der Waals surface area contributed by atoms with E-state index in [0.29, 0.717) is 0 Å². The number of nitrogens with zero attached hydrogens (tertiary/aromatic N) is 4. The van der Waals surface area contributed by atoms with Gasteiger partial charge in [0.05, 0.1) is 10.6 Å². The van der Waals surface area contributed by atoms with Gasteiger partial charge in [0, 0.05) is 25.1 Å². The number of aromatic nitrogens is 3. The van der Waals surface area contributed by atoms with Crippen molar-refractivity contribution in [2.45, 2.75) is 6.54 Å². The Kier molecular flexibility index (Phi) is 4.65. The minimum Gasteiger partial charge on any atom is -0.334 e. The first-order valence-corrected chi connectivity index (χ1v) is 7.36. The van der Waals surface area contributed by atoms with Crippen LogP contribution in [0.3, 0.4) is 0 Å². The first-order valence-electron chi connectivity index (χ1n) is 7.36. The molecule has 0 fully saturated rings. The van der Waals surface area contributed by atoms with Crippen molar-refractivity contribution in [3.8, 4) is 5.69 Å². The number of anilines is 1. The van der Waals surface area contributed by atoms with Crippen LogP contribution in [-0.2, 0) is 6.54 Å². The average molecular weight is 338 g/mol. The van der Waals surface area contributed by atoms with Gasteiger partial charge < -0.3 is 10.6 Å². The molecular weight excluding hydrogens is 324 g/mol. The van der Waals surface area contributed by atoms with Gasteiger partial charge in [-0.05, 0) is 23.8 Å². The molecule has 3 aromatic rings. The average Bonchev–Trinajstić information content (AvgIpc) is 3.15. The zero-order valence-corrected chi connectivity index (χ0v) is 13.0. The lowest BCUT2D eigenvalue weighted by atomic mass is 10.2. The van der Waals surface area contributed by atoms with Crippen LogP contribution in [0.25, 0.3) is 5.69 Å². The fourth-order valence-corrected chi connectivity index (χ4v) is 2.27. The van der Waals surface area contributed by atoms with Crippen molar-refractivity contribution >= 4 is 17.4 Å². The second-order valence-electron chi connectivity index (χ2n) is 5.04. The smallest absolute Gasteiger partial charge is 0.319 e. The second-order valence-corrected chi connectivity index (χ2v) is 5.04. The quantitative estimate of drug-likeness (QED) is 0.548. The number of urea groups is 1. The van der Waals surface area contributed by atoms with Crippen LogP contribution in [-0.4, -0.2) is 25.7 Å². The van der Waals surface area contributed by atoms with E-state index in [2.05, 4.69) is 20.7 Å². The Morgan fingerprint density at radius 1 is 1.20 bits per heavy atom. The number of para-hydroxylation sites is 1. The van der Waals surface area contributed by atoms with Crippen molar-refractivity contribution in [3.05, 3.63) is 76.9 Å². The predicted molar refractivity (Wildman–Crippen MR) is 90.3 cm³/mol. The maximum Gasteiger partial charge on any atom is 0.319 e. The molecule has 126 valence electrons. The van der Waals surface area contributed by atoms with Gasteiger partial charge in [-0.3, -0.25) is 15.1 Å². The minimum absolute atomic E-state index is 0.0814. The van der Waals surface area contributed by atoms with Crippen molar-refractivity contribution in [1.29, 1.82) is 0 Å². The monoisotopic (exact) mass is 338 g/mol. The van der Waals surface area contributed by atoms with Crippen molar-refractivity contribution < 1.29 is 9.72 Å². The summed E-state index contributed by atoms with van der Waals surface area (Å²) in [6, 6.07) is 10.1. The lowest BCUT2D eigenvalue weighted by molar-refractivity contribution is -0.384. The number of carbonyl (C=O) groups is 1. The molecule has 0 aliphatic rings. The van der Waals surface area contributed by atoms with E-state index in [1.165, 1.54) is 12.3 Å². The topological polar surface area (TPSA) is 115 Å². The van der Waals surface area contributed by atoms with Crippen molar-refractivity contribution in [1.82, 2.24) is 20.1 Å². The van der Waals surface area contributed by atoms with Gasteiger partial charge in [-0.1, -0.05) is 18.2 Å². The number of amides is 2. The van der Waals surface area contributed by atoms with Crippen LogP contribution in [0.4, 0.5) is 16.2 Å². The van der Waals surface area contributed by atoms with E-state index in [0.717, 1.165) is 17.4 Å². The van der Waals surface area contributed by atoms with Gasteiger partial charge in [-0.2, -0.15) is 5.10 Å². The second kappa shape index (κ2) is 7.21. The minimum atomic E-state index is -0.602. The summed E-state index contributed by atoms with van der Waals surface area (Å²) >= 11 is 0. The summed E-state index contributed by atoms with van der Waals surface area (Å²) in [6.45, 7) is 0.237. The van der Waals surface area contributed by atoms with Gasteiger partial charge in [0.25, 0.3) is 0 Å². The normalized spacial score (nSPS) is 10.2. The number of rotatable bonds is 5. The van der Waals surface area contributed by atoms with E-state index in [1.807, 2.05) is 24.3 Å². The molecule has 9 heteroatoms. The molecular formula is C16H14N6O3. The highest BCUT2D eigenvalue weighted by Crippen LogP contribution is 2.21. The van der Waals surface area contributed by atoms with E-state index in [9.17, 15) is 14.9 Å². The van der Waals surface area contributed by atoms with Crippen LogP contribution in [0.1, 0.15) is 5.56 Å². The predicted octanol–water partition coefficient (Wildman–Crippen LogP) is 2.50. The summed E-state index contributed by atoms with van der Waals surface area (Å²) in [5, 5.41) is 20.3. The SMILES string of the molecule is O=C(NCc1ccccc1-n1cccn1)Nc1ccncc1[N+](=O)[O-]. The van der Waals surface area contributed by atoms with E-state index >= 15 is 0 Å². The summed E-state index contributed by atoms with van der Waals surface area (Å²) in [5.41, 5.74) is 1.50. The molecule has 2 aromatic heterocycles. The highest BCUT2D eigenvalue weighted by Gasteiger charge is 2.15. The zero-order valence-electron chi connectivity index (χ0n) is 13.0. The van der Waals surface area contributed by atoms with Crippen LogP contribution in [0.5, 0.6) is 0 Å². The van der Waals surface area contributed by atoms with Gasteiger partial charge in [0.1, 0.15) is 11.9 Å². The molecule has 2 amide bonds. The molecule has 0 saturated carbocycles. The van der Waals surface area contributed by atoms with Crippen LogP contribution in [0.2, 0.25) is 0 Å². The van der Waals surface area contributed by atoms with Gasteiger partial charge >= 0.3 is 11.7 Å². The molecule has 1 aromatic carbocycles. The maximum absolute atomic E-state index is 12.1. The van der Waals surface area contributed by atoms with Crippen LogP contribution >= 0.6 is 0 Å². The first-order chi connectivity index (χ1) is 12.1. The fraction of sp³-hybridized carbons (Fsp3) is 0.0625. The van der Waals surface area contributed by atoms with Crippen molar-refractivity contribution in [2.75, 3.05) is 5.32 Å². The largest absolute Gasteiger partial charge is 0.334 e. The number of nitro groups is 1. The van der Waals surface area contributed by atoms with Gasteiger partial charge in [-0.25, -0.2) is 9.48 Å². The lowest BCUT2D eigenvalue weighted by Gasteiger charge is -2.11. The highest BCUT2D eigenvalue weighted by molar-refractivity contribution is 5.91. The number of pyridine rings is 1. The number of benzene rings is 1. The summed E-state index contributed by atoms with van der Waals surface area (Å²) in [7, 11) is 0. The molecule has 0 spiro atoms. The molecule has 3 rings (SSSR count). The van der Waals surface area contributed by atoms with E-state index in [4.69, 9.17) is 0 Å². The van der Waals surface area contributed by atoms with E-state index in [1.54, 1.807) is 23.1 Å². The number of hydrogen-bond acceptors (Lipinski definition) is 5. The number of hydrogen-bond donors (Lipinski definition) is 2. The van der Waals surface area contributed by atoms with Crippen LogP contribution < -0.4 is 10.6 Å². The molecule has 2 heterocycles. The summed E-state index contributed by atoms with van der Waals surface area (Å²) in [4.78, 5) is 26.1. The fourth-order valence-electron chi connectivity index (χ4n) is 2.27. The highest BCUT2D eigenvalue weighted by atomic mass is 16.6. The molecule has 2 N–H and O–H groups in total. The van der Waals surface area contributed by atoms with E-state index in [-0.39, 0.29) is 17.9 Å². The van der Waals surface area contributed by atoms with Crippen molar-refractivity contribution in [3.63, 3.8) is 0 Å². The van der Waals surface area contributed by atoms with Gasteiger partial charge in [-0.15, -0.1) is 0 Å². The van der Waals surface area contributed by atoms with Crippen molar-refractivity contribution in [2.24, 2.45) is 0 Å². The summed E-state index contributed by atoms with van der Waals surface area (Å²) < 4.78 is 1.70. The lowest BCUT2D eigenvalue weighted by Crippen LogP contribution is -2.29. The van der Waals surface area contributed by atoms with E-state index < -0.39 is 11.0 Å². The number of carbonyl (C=O) groups excluding carboxylic acids is 1. The molecule has 0 bridgehead atoms. The standard InChI is InChI=1S/C16H14N6O3/c23-16(20-13-6-8-17-11-15(13)22(24)25)18-10-12-4-1-2-5-14(12)21-9-3-7-19-21/h1-9,11H,10H2,(H2,17,18,20,23). The van der Waals surface area contributed by atoms with Gasteiger partial charge in [0.15, 0.2) is 0 Å². The maximum atomic E-state index is 12.1. The third-order valence-electron chi connectivity index (χ3n) is 3.43. The number of nitrogens with one attached hydrogen (secondary N) is 2. The molecule has 0 aliphatic heterocycles. The third kappa shape index (κ3) is 3.78. The Bertz CT molecular complexity index is 894. The first kappa shape index (κ1) is 16.1. The molecule has 25 heavy (non-hydrogen) atoms. The molecule has 0 aliphatic carbocycles. The molecule has 0 saturated heterocycles. The van der Waals surface area contributed by atoms with Gasteiger partial charge in [0.2, 0.25) is 0 Å². The molecule has 0 unspecified atom stereocenters. The Labute approximate surface area is 142 Å². The molecule has 0 atom stereocenters. The van der Waals surface area contributed by atoms with Crippen LogP contribution in [0, 0.1) is 10.1 Å².